The zero-order valence-electron chi connectivity index (χ0n) is 9.82. The van der Waals surface area contributed by atoms with Gasteiger partial charge in [0.05, 0.1) is 11.4 Å². The van der Waals surface area contributed by atoms with Gasteiger partial charge in [-0.15, -0.1) is 12.4 Å². The molecule has 0 saturated carbocycles. The third kappa shape index (κ3) is 3.62. The maximum atomic E-state index is 5.83. The lowest BCUT2D eigenvalue weighted by Gasteiger charge is -2.08. The predicted octanol–water partition coefficient (Wildman–Crippen LogP) is 1.85. The van der Waals surface area contributed by atoms with Gasteiger partial charge in [0.2, 0.25) is 0 Å². The molecule has 0 radical (unpaired) electrons. The van der Waals surface area contributed by atoms with Crippen molar-refractivity contribution in [3.8, 4) is 0 Å². The Bertz CT molecular complexity index is 374. The summed E-state index contributed by atoms with van der Waals surface area (Å²) in [6.45, 7) is 3.97. The molecule has 1 rings (SSSR count). The summed E-state index contributed by atoms with van der Waals surface area (Å²) in [6, 6.07) is 5.82. The van der Waals surface area contributed by atoms with E-state index in [9.17, 15) is 0 Å². The molecule has 1 aromatic carbocycles. The summed E-state index contributed by atoms with van der Waals surface area (Å²) in [4.78, 5) is 4.26. The van der Waals surface area contributed by atoms with Gasteiger partial charge < -0.3 is 16.8 Å². The molecule has 1 aromatic rings. The smallest absolute Gasteiger partial charge is 0.125 e. The Labute approximate surface area is 103 Å². The average Bonchev–Trinajstić information content (AvgIpc) is 2.16. The van der Waals surface area contributed by atoms with E-state index in [1.807, 2.05) is 39.1 Å². The van der Waals surface area contributed by atoms with Crippen LogP contribution in [0, 0.1) is 0 Å². The normalized spacial score (nSPS) is 11.1. The Kier molecular flexibility index (Phi) is 5.67. The zero-order chi connectivity index (χ0) is 11.4. The van der Waals surface area contributed by atoms with E-state index in [1.54, 1.807) is 0 Å². The zero-order valence-corrected chi connectivity index (χ0v) is 10.6. The number of aliphatic imine (C=N–C) groups is 1. The van der Waals surface area contributed by atoms with Crippen LogP contribution in [-0.2, 0) is 0 Å². The second-order valence-electron chi connectivity index (χ2n) is 3.66. The van der Waals surface area contributed by atoms with Crippen LogP contribution in [0.3, 0.4) is 0 Å². The highest BCUT2D eigenvalue weighted by atomic mass is 35.5. The van der Waals surface area contributed by atoms with Crippen molar-refractivity contribution < 1.29 is 0 Å². The predicted molar refractivity (Wildman–Crippen MR) is 73.5 cm³/mol. The fourth-order valence-corrected chi connectivity index (χ4v) is 1.30. The minimum Gasteiger partial charge on any atom is -0.397 e. The molecule has 16 heavy (non-hydrogen) atoms. The van der Waals surface area contributed by atoms with Gasteiger partial charge in [-0.05, 0) is 32.0 Å². The molecule has 0 spiro atoms. The van der Waals surface area contributed by atoms with Crippen molar-refractivity contribution in [2.75, 3.05) is 18.1 Å². The Morgan fingerprint density at radius 1 is 1.38 bits per heavy atom. The summed E-state index contributed by atoms with van der Waals surface area (Å²) in [6.07, 6.45) is 0. The maximum Gasteiger partial charge on any atom is 0.125 e. The van der Waals surface area contributed by atoms with Crippen molar-refractivity contribution in [3.05, 3.63) is 23.8 Å². The highest BCUT2D eigenvalue weighted by Crippen LogP contribution is 2.18. The van der Waals surface area contributed by atoms with Crippen LogP contribution in [0.5, 0.6) is 0 Å². The van der Waals surface area contributed by atoms with Gasteiger partial charge in [0.25, 0.3) is 0 Å². The van der Waals surface area contributed by atoms with Gasteiger partial charge in [-0.1, -0.05) is 0 Å². The Morgan fingerprint density at radius 3 is 2.44 bits per heavy atom. The highest BCUT2D eigenvalue weighted by Gasteiger charge is 2.02. The molecule has 0 unspecified atom stereocenters. The summed E-state index contributed by atoms with van der Waals surface area (Å²) in [7, 11) is 1.83. The van der Waals surface area contributed by atoms with Crippen LogP contribution in [0.1, 0.15) is 19.4 Å². The molecule has 0 amide bonds. The van der Waals surface area contributed by atoms with E-state index in [0.717, 1.165) is 11.3 Å². The van der Waals surface area contributed by atoms with Gasteiger partial charge in [0, 0.05) is 18.7 Å². The Balaban J connectivity index is 0.00000225. The molecule has 0 bridgehead atoms. The van der Waals surface area contributed by atoms with Gasteiger partial charge in [-0.3, -0.25) is 4.99 Å². The van der Waals surface area contributed by atoms with E-state index in [1.165, 1.54) is 0 Å². The van der Waals surface area contributed by atoms with E-state index >= 15 is 0 Å². The van der Waals surface area contributed by atoms with Crippen LogP contribution < -0.4 is 16.8 Å². The third-order valence-corrected chi connectivity index (χ3v) is 2.01. The first-order chi connectivity index (χ1) is 7.04. The van der Waals surface area contributed by atoms with E-state index in [2.05, 4.69) is 10.3 Å². The van der Waals surface area contributed by atoms with Gasteiger partial charge in [0.15, 0.2) is 0 Å². The van der Waals surface area contributed by atoms with E-state index in [4.69, 9.17) is 11.5 Å². The summed E-state index contributed by atoms with van der Waals surface area (Å²) in [5, 5.41) is 3.00. The number of hydrogen-bond donors (Lipinski definition) is 3. The standard InChI is InChI=1S/C11H18N4.ClH/c1-7(2)15-11(13)8-4-5-10(14-3)9(12)6-8;/h4-7,14H,12H2,1-3H3,(H2,13,15);1H. The maximum absolute atomic E-state index is 5.83. The number of nitrogens with zero attached hydrogens (tertiary/aromatic N) is 1. The molecule has 0 aliphatic rings. The second kappa shape index (κ2) is 6.23. The number of amidine groups is 1. The molecule has 0 heterocycles. The van der Waals surface area contributed by atoms with Crippen molar-refractivity contribution in [2.45, 2.75) is 19.9 Å². The topological polar surface area (TPSA) is 76.4 Å². The quantitative estimate of drug-likeness (QED) is 0.430. The first-order valence-corrected chi connectivity index (χ1v) is 4.95. The molecule has 5 N–H and O–H groups in total. The minimum atomic E-state index is 0. The first-order valence-electron chi connectivity index (χ1n) is 4.95. The Hall–Kier alpha value is -1.42. The van der Waals surface area contributed by atoms with Crippen molar-refractivity contribution in [3.63, 3.8) is 0 Å². The molecule has 0 fully saturated rings. The summed E-state index contributed by atoms with van der Waals surface area (Å²) in [5.74, 6) is 0.527. The van der Waals surface area contributed by atoms with Gasteiger partial charge in [0.1, 0.15) is 5.84 Å². The van der Waals surface area contributed by atoms with E-state index < -0.39 is 0 Å². The fraction of sp³-hybridized carbons (Fsp3) is 0.364. The first kappa shape index (κ1) is 14.6. The van der Waals surface area contributed by atoms with Crippen molar-refractivity contribution >= 4 is 29.6 Å². The lowest BCUT2D eigenvalue weighted by atomic mass is 10.1. The molecular weight excluding hydrogens is 224 g/mol. The van der Waals surface area contributed by atoms with Gasteiger partial charge in [-0.2, -0.15) is 0 Å². The molecule has 0 atom stereocenters. The number of halogens is 1. The van der Waals surface area contributed by atoms with Crippen molar-refractivity contribution in [2.24, 2.45) is 10.7 Å². The van der Waals surface area contributed by atoms with Crippen molar-refractivity contribution in [1.29, 1.82) is 0 Å². The lowest BCUT2D eigenvalue weighted by Crippen LogP contribution is -2.16. The van der Waals surface area contributed by atoms with Crippen LogP contribution in [0.25, 0.3) is 0 Å². The number of nitrogen functional groups attached to an aromatic ring is 1. The van der Waals surface area contributed by atoms with Crippen LogP contribution in [0.15, 0.2) is 23.2 Å². The van der Waals surface area contributed by atoms with Crippen LogP contribution >= 0.6 is 12.4 Å². The Morgan fingerprint density at radius 2 is 2.00 bits per heavy atom. The van der Waals surface area contributed by atoms with Gasteiger partial charge in [-0.25, -0.2) is 0 Å². The molecule has 0 aromatic heterocycles. The molecular formula is C11H19ClN4. The summed E-state index contributed by atoms with van der Waals surface area (Å²) < 4.78 is 0. The highest BCUT2D eigenvalue weighted by molar-refractivity contribution is 5.99. The van der Waals surface area contributed by atoms with E-state index in [-0.39, 0.29) is 18.4 Å². The van der Waals surface area contributed by atoms with Crippen LogP contribution in [0.2, 0.25) is 0 Å². The molecule has 0 saturated heterocycles. The number of nitrogens with two attached hydrogens (primary N) is 2. The number of anilines is 2. The molecule has 0 aliphatic carbocycles. The number of hydrogen-bond acceptors (Lipinski definition) is 3. The molecule has 90 valence electrons. The number of benzene rings is 1. The fourth-order valence-electron chi connectivity index (χ4n) is 1.30. The van der Waals surface area contributed by atoms with Gasteiger partial charge >= 0.3 is 0 Å². The summed E-state index contributed by atoms with van der Waals surface area (Å²) >= 11 is 0. The number of rotatable bonds is 3. The van der Waals surface area contributed by atoms with Crippen LogP contribution in [0.4, 0.5) is 11.4 Å². The van der Waals surface area contributed by atoms with Crippen molar-refractivity contribution in [1.82, 2.24) is 0 Å². The molecule has 0 aliphatic heterocycles. The SMILES string of the molecule is CNc1ccc(C(N)=NC(C)C)cc1N.Cl. The third-order valence-electron chi connectivity index (χ3n) is 2.01. The lowest BCUT2D eigenvalue weighted by molar-refractivity contribution is 0.834. The average molecular weight is 243 g/mol. The monoisotopic (exact) mass is 242 g/mol. The molecule has 4 nitrogen and oxygen atoms in total. The number of nitrogens with one attached hydrogen (secondary N) is 1. The van der Waals surface area contributed by atoms with Crippen LogP contribution in [-0.4, -0.2) is 18.9 Å². The largest absolute Gasteiger partial charge is 0.397 e. The van der Waals surface area contributed by atoms with E-state index in [0.29, 0.717) is 11.5 Å². The minimum absolute atomic E-state index is 0. The summed E-state index contributed by atoms with van der Waals surface area (Å²) in [5.41, 5.74) is 14.1. The second-order valence-corrected chi connectivity index (χ2v) is 3.66. The molecule has 5 heteroatoms.